The van der Waals surface area contributed by atoms with Crippen LogP contribution in [-0.4, -0.2) is 25.2 Å². The number of benzene rings is 1. The van der Waals surface area contributed by atoms with E-state index in [-0.39, 0.29) is 28.7 Å². The molecule has 0 saturated heterocycles. The Hall–Kier alpha value is -2.16. The summed E-state index contributed by atoms with van der Waals surface area (Å²) in [7, 11) is -3.86. The normalized spacial score (nSPS) is 14.8. The minimum absolute atomic E-state index is 0.0112. The van der Waals surface area contributed by atoms with E-state index >= 15 is 0 Å². The van der Waals surface area contributed by atoms with Crippen molar-refractivity contribution in [3.8, 4) is 0 Å². The molecule has 0 unspecified atom stereocenters. The number of sulfonamides is 1. The molecule has 24 heavy (non-hydrogen) atoms. The standard InChI is InChI=1S/C16H18N2O5S/c1-10-15(11(2)23-18-10)24(20,21)17-9-16(3,19)14-8-12-6-4-5-7-13(12)22-14/h4-8,17,19H,9H2,1-3H3/t16-/m1/s1. The maximum absolute atomic E-state index is 12.4. The summed E-state index contributed by atoms with van der Waals surface area (Å²) in [5, 5.41) is 15.1. The lowest BCUT2D eigenvalue weighted by Gasteiger charge is -2.21. The van der Waals surface area contributed by atoms with E-state index in [4.69, 9.17) is 8.94 Å². The second-order valence-electron chi connectivity index (χ2n) is 5.90. The van der Waals surface area contributed by atoms with Crippen LogP contribution in [0.4, 0.5) is 0 Å². The van der Waals surface area contributed by atoms with Gasteiger partial charge in [0, 0.05) is 11.9 Å². The lowest BCUT2D eigenvalue weighted by atomic mass is 10.0. The second-order valence-corrected chi connectivity index (χ2v) is 7.60. The predicted octanol–water partition coefficient (Wildman–Crippen LogP) is 2.22. The van der Waals surface area contributed by atoms with E-state index in [9.17, 15) is 13.5 Å². The number of hydrogen-bond donors (Lipinski definition) is 2. The number of furan rings is 1. The van der Waals surface area contributed by atoms with Gasteiger partial charge in [0.05, 0.1) is 0 Å². The Morgan fingerprint density at radius 3 is 2.62 bits per heavy atom. The molecule has 0 aliphatic heterocycles. The summed E-state index contributed by atoms with van der Waals surface area (Å²) in [5.74, 6) is 0.480. The summed E-state index contributed by atoms with van der Waals surface area (Å²) < 4.78 is 37.8. The SMILES string of the molecule is Cc1noc(C)c1S(=O)(=O)NC[C@@](C)(O)c1cc2ccccc2o1. The van der Waals surface area contributed by atoms with Crippen molar-refractivity contribution in [2.45, 2.75) is 31.3 Å². The highest BCUT2D eigenvalue weighted by atomic mass is 32.2. The monoisotopic (exact) mass is 350 g/mol. The molecule has 0 radical (unpaired) electrons. The van der Waals surface area contributed by atoms with Gasteiger partial charge in [-0.1, -0.05) is 23.4 Å². The Bertz CT molecular complexity index is 932. The van der Waals surface area contributed by atoms with Crippen LogP contribution in [0.15, 0.2) is 44.2 Å². The van der Waals surface area contributed by atoms with Crippen LogP contribution in [0, 0.1) is 13.8 Å². The smallest absolute Gasteiger partial charge is 0.246 e. The van der Waals surface area contributed by atoms with Crippen molar-refractivity contribution in [3.05, 3.63) is 47.5 Å². The van der Waals surface area contributed by atoms with Gasteiger partial charge in [-0.2, -0.15) is 0 Å². The first-order chi connectivity index (χ1) is 11.2. The van der Waals surface area contributed by atoms with Crippen LogP contribution in [-0.2, 0) is 15.6 Å². The molecule has 0 aliphatic carbocycles. The van der Waals surface area contributed by atoms with Gasteiger partial charge < -0.3 is 14.0 Å². The molecule has 128 valence electrons. The maximum Gasteiger partial charge on any atom is 0.246 e. The average Bonchev–Trinajstić information content (AvgIpc) is 3.09. The minimum Gasteiger partial charge on any atom is -0.458 e. The summed E-state index contributed by atoms with van der Waals surface area (Å²) in [5.41, 5.74) is -0.616. The molecule has 0 amide bonds. The molecular weight excluding hydrogens is 332 g/mol. The highest BCUT2D eigenvalue weighted by molar-refractivity contribution is 7.89. The first-order valence-electron chi connectivity index (χ1n) is 7.35. The molecule has 8 heteroatoms. The lowest BCUT2D eigenvalue weighted by Crippen LogP contribution is -2.38. The van der Waals surface area contributed by atoms with E-state index in [1.807, 2.05) is 18.2 Å². The van der Waals surface area contributed by atoms with Crippen LogP contribution in [0.1, 0.15) is 24.1 Å². The Morgan fingerprint density at radius 2 is 2.00 bits per heavy atom. The third kappa shape index (κ3) is 2.95. The lowest BCUT2D eigenvalue weighted by molar-refractivity contribution is 0.0411. The van der Waals surface area contributed by atoms with Gasteiger partial charge in [-0.3, -0.25) is 0 Å². The molecule has 2 heterocycles. The van der Waals surface area contributed by atoms with Gasteiger partial charge in [0.1, 0.15) is 27.5 Å². The highest BCUT2D eigenvalue weighted by Crippen LogP contribution is 2.28. The van der Waals surface area contributed by atoms with Crippen molar-refractivity contribution in [1.29, 1.82) is 0 Å². The number of aliphatic hydroxyl groups is 1. The third-order valence-corrected chi connectivity index (χ3v) is 5.44. The number of nitrogens with one attached hydrogen (secondary N) is 1. The second kappa shape index (κ2) is 5.73. The Labute approximate surface area is 139 Å². The van der Waals surface area contributed by atoms with Crippen molar-refractivity contribution in [2.24, 2.45) is 0 Å². The summed E-state index contributed by atoms with van der Waals surface area (Å²) in [6.07, 6.45) is 0. The van der Waals surface area contributed by atoms with Crippen molar-refractivity contribution in [3.63, 3.8) is 0 Å². The van der Waals surface area contributed by atoms with Crippen LogP contribution in [0.5, 0.6) is 0 Å². The van der Waals surface area contributed by atoms with E-state index in [0.29, 0.717) is 5.58 Å². The first kappa shape index (κ1) is 16.7. The van der Waals surface area contributed by atoms with Gasteiger partial charge in [0.15, 0.2) is 5.76 Å². The van der Waals surface area contributed by atoms with Gasteiger partial charge in [0.2, 0.25) is 10.0 Å². The molecule has 0 fully saturated rings. The van der Waals surface area contributed by atoms with Crippen molar-refractivity contribution < 1.29 is 22.5 Å². The first-order valence-corrected chi connectivity index (χ1v) is 8.83. The number of aryl methyl sites for hydroxylation is 2. The van der Waals surface area contributed by atoms with E-state index in [1.165, 1.54) is 13.8 Å². The van der Waals surface area contributed by atoms with Crippen molar-refractivity contribution in [1.82, 2.24) is 9.88 Å². The van der Waals surface area contributed by atoms with Crippen LogP contribution in [0.3, 0.4) is 0 Å². The van der Waals surface area contributed by atoms with E-state index < -0.39 is 15.6 Å². The van der Waals surface area contributed by atoms with Gasteiger partial charge in [-0.15, -0.1) is 0 Å². The van der Waals surface area contributed by atoms with Crippen LogP contribution < -0.4 is 4.72 Å². The number of fused-ring (bicyclic) bond motifs is 1. The Kier molecular flexibility index (Phi) is 3.98. The van der Waals surface area contributed by atoms with Gasteiger partial charge in [-0.05, 0) is 32.9 Å². The summed E-state index contributed by atoms with van der Waals surface area (Å²) in [4.78, 5) is -0.0112. The number of rotatable bonds is 5. The average molecular weight is 350 g/mol. The Morgan fingerprint density at radius 1 is 1.29 bits per heavy atom. The minimum atomic E-state index is -3.86. The fourth-order valence-corrected chi connectivity index (χ4v) is 3.96. The molecule has 1 atom stereocenters. The van der Waals surface area contributed by atoms with Gasteiger partial charge in [-0.25, -0.2) is 13.1 Å². The zero-order valence-corrected chi connectivity index (χ0v) is 14.3. The number of nitrogens with zero attached hydrogens (tertiary/aromatic N) is 1. The van der Waals surface area contributed by atoms with E-state index in [1.54, 1.807) is 19.1 Å². The van der Waals surface area contributed by atoms with Crippen molar-refractivity contribution in [2.75, 3.05) is 6.54 Å². The zero-order valence-electron chi connectivity index (χ0n) is 13.5. The largest absolute Gasteiger partial charge is 0.458 e. The molecule has 2 N–H and O–H groups in total. The molecular formula is C16H18N2O5S. The molecule has 3 rings (SSSR count). The molecule has 0 bridgehead atoms. The Balaban J connectivity index is 1.84. The summed E-state index contributed by atoms with van der Waals surface area (Å²) in [6, 6.07) is 9.01. The van der Waals surface area contributed by atoms with Gasteiger partial charge in [0.25, 0.3) is 0 Å². The third-order valence-electron chi connectivity index (χ3n) is 3.80. The maximum atomic E-state index is 12.4. The van der Waals surface area contributed by atoms with Crippen molar-refractivity contribution >= 4 is 21.0 Å². The molecule has 2 aromatic heterocycles. The van der Waals surface area contributed by atoms with E-state index in [2.05, 4.69) is 9.88 Å². The van der Waals surface area contributed by atoms with Crippen LogP contribution in [0.2, 0.25) is 0 Å². The summed E-state index contributed by atoms with van der Waals surface area (Å²) in [6.45, 7) is 4.30. The molecule has 1 aromatic carbocycles. The van der Waals surface area contributed by atoms with Gasteiger partial charge >= 0.3 is 0 Å². The van der Waals surface area contributed by atoms with Crippen LogP contribution >= 0.6 is 0 Å². The number of hydrogen-bond acceptors (Lipinski definition) is 6. The quantitative estimate of drug-likeness (QED) is 0.731. The molecule has 0 spiro atoms. The predicted molar refractivity (Wildman–Crippen MR) is 87.0 cm³/mol. The fraction of sp³-hybridized carbons (Fsp3) is 0.312. The molecule has 0 saturated carbocycles. The molecule has 0 aliphatic rings. The molecule has 3 aromatic rings. The fourth-order valence-electron chi connectivity index (χ4n) is 2.50. The van der Waals surface area contributed by atoms with E-state index in [0.717, 1.165) is 5.39 Å². The summed E-state index contributed by atoms with van der Waals surface area (Å²) >= 11 is 0. The van der Waals surface area contributed by atoms with Crippen LogP contribution in [0.25, 0.3) is 11.0 Å². The zero-order chi connectivity index (χ0) is 17.5. The number of aromatic nitrogens is 1. The number of para-hydroxylation sites is 1. The molecule has 7 nitrogen and oxygen atoms in total. The highest BCUT2D eigenvalue weighted by Gasteiger charge is 2.32. The topological polar surface area (TPSA) is 106 Å².